The van der Waals surface area contributed by atoms with E-state index >= 15 is 0 Å². The lowest BCUT2D eigenvalue weighted by atomic mass is 10.1. The van der Waals surface area contributed by atoms with Crippen molar-refractivity contribution in [1.82, 2.24) is 4.90 Å². The molecule has 0 aliphatic rings. The van der Waals surface area contributed by atoms with Crippen LogP contribution < -0.4 is 11.1 Å². The van der Waals surface area contributed by atoms with Gasteiger partial charge in [-0.1, -0.05) is 28.1 Å². The molecule has 1 aromatic rings. The molecule has 0 amide bonds. The third-order valence-electron chi connectivity index (χ3n) is 2.59. The van der Waals surface area contributed by atoms with E-state index < -0.39 is 0 Å². The van der Waals surface area contributed by atoms with Gasteiger partial charge >= 0.3 is 0 Å². The minimum atomic E-state index is 0.429. The average Bonchev–Trinajstić information content (AvgIpc) is 2.27. The number of benzene rings is 1. The van der Waals surface area contributed by atoms with E-state index in [-0.39, 0.29) is 0 Å². The molecule has 18 heavy (non-hydrogen) atoms. The Labute approximate surface area is 123 Å². The van der Waals surface area contributed by atoms with Crippen molar-refractivity contribution in [3.63, 3.8) is 0 Å². The van der Waals surface area contributed by atoms with Gasteiger partial charge in [0, 0.05) is 22.3 Å². The number of unbranched alkanes of at least 4 members (excludes halogenated alkanes) is 1. The zero-order valence-electron chi connectivity index (χ0n) is 10.9. The number of hydrogen-bond acceptors (Lipinski definition) is 3. The Morgan fingerprint density at radius 1 is 1.39 bits per heavy atom. The molecular formula is C13H20BrN3S. The molecule has 0 heterocycles. The lowest BCUT2D eigenvalue weighted by Gasteiger charge is -2.13. The van der Waals surface area contributed by atoms with Crippen molar-refractivity contribution in [2.24, 2.45) is 5.73 Å². The summed E-state index contributed by atoms with van der Waals surface area (Å²) in [4.78, 5) is 2.62. The zero-order valence-corrected chi connectivity index (χ0v) is 13.3. The Bertz CT molecular complexity index is 407. The number of nitrogens with two attached hydrogens (primary N) is 1. The van der Waals surface area contributed by atoms with Crippen LogP contribution in [-0.2, 0) is 0 Å². The SMILES string of the molecule is CN(C)CCCCNc1cc(Br)ccc1C(N)=S. The Hall–Kier alpha value is -0.650. The summed E-state index contributed by atoms with van der Waals surface area (Å²) in [6.07, 6.45) is 2.30. The van der Waals surface area contributed by atoms with Crippen molar-refractivity contribution >= 4 is 38.8 Å². The van der Waals surface area contributed by atoms with E-state index in [1.54, 1.807) is 0 Å². The van der Waals surface area contributed by atoms with E-state index in [0.717, 1.165) is 35.2 Å². The zero-order chi connectivity index (χ0) is 13.5. The van der Waals surface area contributed by atoms with Gasteiger partial charge in [-0.25, -0.2) is 0 Å². The summed E-state index contributed by atoms with van der Waals surface area (Å²) in [5, 5.41) is 3.39. The molecule has 5 heteroatoms. The Balaban J connectivity index is 2.50. The topological polar surface area (TPSA) is 41.3 Å². The smallest absolute Gasteiger partial charge is 0.106 e. The quantitative estimate of drug-likeness (QED) is 0.596. The highest BCUT2D eigenvalue weighted by Crippen LogP contribution is 2.21. The number of nitrogens with one attached hydrogen (secondary N) is 1. The summed E-state index contributed by atoms with van der Waals surface area (Å²) in [5.74, 6) is 0. The van der Waals surface area contributed by atoms with Crippen LogP contribution in [0.5, 0.6) is 0 Å². The van der Waals surface area contributed by atoms with Crippen LogP contribution in [0, 0.1) is 0 Å². The third-order valence-corrected chi connectivity index (χ3v) is 3.31. The van der Waals surface area contributed by atoms with Crippen LogP contribution in [0.2, 0.25) is 0 Å². The first kappa shape index (κ1) is 15.4. The standard InChI is InChI=1S/C13H20BrN3S/c1-17(2)8-4-3-7-16-12-9-10(14)5-6-11(12)13(15)18/h5-6,9,16H,3-4,7-8H2,1-2H3,(H2,15,18). The highest BCUT2D eigenvalue weighted by Gasteiger charge is 2.05. The van der Waals surface area contributed by atoms with Gasteiger partial charge < -0.3 is 16.0 Å². The molecule has 0 unspecified atom stereocenters. The fourth-order valence-corrected chi connectivity index (χ4v) is 2.19. The maximum Gasteiger partial charge on any atom is 0.106 e. The Kier molecular flexibility index (Phi) is 6.60. The molecule has 0 saturated carbocycles. The van der Waals surface area contributed by atoms with Crippen LogP contribution in [-0.4, -0.2) is 37.1 Å². The second-order valence-electron chi connectivity index (χ2n) is 4.49. The predicted octanol–water partition coefficient (Wildman–Crippen LogP) is 2.84. The molecule has 100 valence electrons. The molecule has 1 aromatic carbocycles. The largest absolute Gasteiger partial charge is 0.389 e. The summed E-state index contributed by atoms with van der Waals surface area (Å²) >= 11 is 8.50. The molecule has 0 radical (unpaired) electrons. The van der Waals surface area contributed by atoms with Crippen LogP contribution in [0.25, 0.3) is 0 Å². The number of halogens is 1. The average molecular weight is 330 g/mol. The van der Waals surface area contributed by atoms with E-state index in [4.69, 9.17) is 18.0 Å². The Morgan fingerprint density at radius 3 is 2.72 bits per heavy atom. The summed E-state index contributed by atoms with van der Waals surface area (Å²) in [5.41, 5.74) is 7.61. The number of anilines is 1. The van der Waals surface area contributed by atoms with Gasteiger partial charge in [0.05, 0.1) is 0 Å². The van der Waals surface area contributed by atoms with Crippen molar-refractivity contribution in [1.29, 1.82) is 0 Å². The van der Waals surface area contributed by atoms with Gasteiger partial charge in [-0.05, 0) is 51.7 Å². The molecule has 0 aromatic heterocycles. The monoisotopic (exact) mass is 329 g/mol. The molecule has 0 aliphatic heterocycles. The maximum absolute atomic E-state index is 5.70. The molecule has 3 nitrogen and oxygen atoms in total. The molecule has 3 N–H and O–H groups in total. The summed E-state index contributed by atoms with van der Waals surface area (Å²) in [6, 6.07) is 5.90. The first-order valence-electron chi connectivity index (χ1n) is 5.98. The molecule has 0 fully saturated rings. The summed E-state index contributed by atoms with van der Waals surface area (Å²) in [6.45, 7) is 2.04. The van der Waals surface area contributed by atoms with Crippen molar-refractivity contribution < 1.29 is 0 Å². The van der Waals surface area contributed by atoms with Crippen LogP contribution >= 0.6 is 28.1 Å². The normalized spacial score (nSPS) is 10.7. The van der Waals surface area contributed by atoms with Gasteiger partial charge in [-0.15, -0.1) is 0 Å². The Morgan fingerprint density at radius 2 is 2.11 bits per heavy atom. The van der Waals surface area contributed by atoms with Crippen molar-refractivity contribution in [2.75, 3.05) is 32.5 Å². The van der Waals surface area contributed by atoms with E-state index in [1.165, 1.54) is 6.42 Å². The van der Waals surface area contributed by atoms with Crippen LogP contribution in [0.15, 0.2) is 22.7 Å². The fourth-order valence-electron chi connectivity index (χ4n) is 1.65. The van der Waals surface area contributed by atoms with Crippen LogP contribution in [0.4, 0.5) is 5.69 Å². The second-order valence-corrected chi connectivity index (χ2v) is 5.85. The fraction of sp³-hybridized carbons (Fsp3) is 0.462. The number of thiocarbonyl (C=S) groups is 1. The first-order chi connectivity index (χ1) is 8.50. The molecular weight excluding hydrogens is 310 g/mol. The van der Waals surface area contributed by atoms with E-state index in [0.29, 0.717) is 4.99 Å². The van der Waals surface area contributed by atoms with Gasteiger partial charge in [0.25, 0.3) is 0 Å². The first-order valence-corrected chi connectivity index (χ1v) is 7.19. The molecule has 0 aliphatic carbocycles. The maximum atomic E-state index is 5.70. The van der Waals surface area contributed by atoms with E-state index in [9.17, 15) is 0 Å². The number of hydrogen-bond donors (Lipinski definition) is 2. The highest BCUT2D eigenvalue weighted by molar-refractivity contribution is 9.10. The molecule has 0 atom stereocenters. The summed E-state index contributed by atoms with van der Waals surface area (Å²) < 4.78 is 1.03. The molecule has 0 bridgehead atoms. The third kappa shape index (κ3) is 5.33. The number of rotatable bonds is 7. The van der Waals surface area contributed by atoms with E-state index in [2.05, 4.69) is 40.2 Å². The minimum Gasteiger partial charge on any atom is -0.389 e. The van der Waals surface area contributed by atoms with Crippen molar-refractivity contribution in [3.05, 3.63) is 28.2 Å². The van der Waals surface area contributed by atoms with Crippen molar-refractivity contribution in [2.45, 2.75) is 12.8 Å². The lowest BCUT2D eigenvalue weighted by molar-refractivity contribution is 0.396. The summed E-state index contributed by atoms with van der Waals surface area (Å²) in [7, 11) is 4.18. The predicted molar refractivity (Wildman–Crippen MR) is 86.3 cm³/mol. The number of nitrogens with zero attached hydrogens (tertiary/aromatic N) is 1. The molecule has 1 rings (SSSR count). The molecule has 0 spiro atoms. The minimum absolute atomic E-state index is 0.429. The van der Waals surface area contributed by atoms with Crippen LogP contribution in [0.3, 0.4) is 0 Å². The molecule has 0 saturated heterocycles. The van der Waals surface area contributed by atoms with Gasteiger partial charge in [0.1, 0.15) is 4.99 Å². The van der Waals surface area contributed by atoms with E-state index in [1.807, 2.05) is 18.2 Å². The lowest BCUT2D eigenvalue weighted by Crippen LogP contribution is -2.16. The van der Waals surface area contributed by atoms with Crippen LogP contribution in [0.1, 0.15) is 18.4 Å². The van der Waals surface area contributed by atoms with Gasteiger partial charge in [0.2, 0.25) is 0 Å². The highest BCUT2D eigenvalue weighted by atomic mass is 79.9. The van der Waals surface area contributed by atoms with Gasteiger partial charge in [-0.3, -0.25) is 0 Å². The van der Waals surface area contributed by atoms with Gasteiger partial charge in [0.15, 0.2) is 0 Å². The van der Waals surface area contributed by atoms with Gasteiger partial charge in [-0.2, -0.15) is 0 Å². The van der Waals surface area contributed by atoms with Crippen molar-refractivity contribution in [3.8, 4) is 0 Å². The second kappa shape index (κ2) is 7.71.